The van der Waals surface area contributed by atoms with Gasteiger partial charge in [0.1, 0.15) is 10.7 Å². The highest BCUT2D eigenvalue weighted by molar-refractivity contribution is 9.10. The van der Waals surface area contributed by atoms with Crippen LogP contribution >= 0.6 is 43.5 Å². The van der Waals surface area contributed by atoms with Crippen molar-refractivity contribution in [3.8, 4) is 0 Å². The van der Waals surface area contributed by atoms with Gasteiger partial charge in [0.15, 0.2) is 0 Å². The van der Waals surface area contributed by atoms with Crippen molar-refractivity contribution >= 4 is 64.9 Å². The van der Waals surface area contributed by atoms with E-state index in [2.05, 4.69) is 36.6 Å². The minimum atomic E-state index is -4.04. The van der Waals surface area contributed by atoms with Gasteiger partial charge in [-0.25, -0.2) is 12.8 Å². The quantitative estimate of drug-likeness (QED) is 0.671. The van der Waals surface area contributed by atoms with Gasteiger partial charge in [-0.2, -0.15) is 0 Å². The van der Waals surface area contributed by atoms with E-state index >= 15 is 0 Å². The van der Waals surface area contributed by atoms with E-state index in [-0.39, 0.29) is 25.8 Å². The zero-order valence-corrected chi connectivity index (χ0v) is 14.9. The number of sulfonamides is 1. The van der Waals surface area contributed by atoms with Crippen LogP contribution in [0.15, 0.2) is 44.2 Å². The van der Waals surface area contributed by atoms with Crippen molar-refractivity contribution in [3.63, 3.8) is 0 Å². The topological polar surface area (TPSA) is 72.2 Å². The highest BCUT2D eigenvalue weighted by Gasteiger charge is 2.21. The first kappa shape index (κ1) is 16.5. The van der Waals surface area contributed by atoms with Crippen molar-refractivity contribution in [2.45, 2.75) is 4.90 Å². The Balaban J connectivity index is 2.48. The van der Waals surface area contributed by atoms with Crippen LogP contribution in [0.5, 0.6) is 0 Å². The molecular formula is C12H8Br2ClFN2O2S. The summed E-state index contributed by atoms with van der Waals surface area (Å²) in [6.07, 6.45) is 0. The van der Waals surface area contributed by atoms with E-state index in [1.165, 1.54) is 24.3 Å². The molecule has 9 heteroatoms. The van der Waals surface area contributed by atoms with Crippen LogP contribution < -0.4 is 10.5 Å². The average Bonchev–Trinajstić information content (AvgIpc) is 2.37. The van der Waals surface area contributed by atoms with Crippen LogP contribution in [-0.2, 0) is 10.0 Å². The molecule has 112 valence electrons. The van der Waals surface area contributed by atoms with Gasteiger partial charge in [-0.1, -0.05) is 27.5 Å². The van der Waals surface area contributed by atoms with Gasteiger partial charge in [0.05, 0.1) is 10.2 Å². The lowest BCUT2D eigenvalue weighted by Gasteiger charge is -2.12. The first-order valence-corrected chi connectivity index (χ1v) is 8.88. The maximum atomic E-state index is 13.7. The Bertz CT molecular complexity index is 815. The van der Waals surface area contributed by atoms with Gasteiger partial charge in [0.2, 0.25) is 0 Å². The third kappa shape index (κ3) is 3.68. The van der Waals surface area contributed by atoms with Gasteiger partial charge >= 0.3 is 0 Å². The average molecular weight is 459 g/mol. The molecule has 0 aliphatic heterocycles. The number of hydrogen-bond acceptors (Lipinski definition) is 3. The van der Waals surface area contributed by atoms with E-state index in [0.29, 0.717) is 4.47 Å². The molecule has 2 rings (SSSR count). The summed E-state index contributed by atoms with van der Waals surface area (Å²) in [6.45, 7) is 0. The van der Waals surface area contributed by atoms with Crippen LogP contribution in [0.2, 0.25) is 5.02 Å². The molecule has 2 aromatic rings. The fourth-order valence-electron chi connectivity index (χ4n) is 1.55. The number of rotatable bonds is 3. The molecule has 0 atom stereocenters. The first-order valence-electron chi connectivity index (χ1n) is 5.43. The maximum Gasteiger partial charge on any atom is 0.263 e. The summed E-state index contributed by atoms with van der Waals surface area (Å²) >= 11 is 12.0. The molecule has 0 spiro atoms. The van der Waals surface area contributed by atoms with Crippen LogP contribution in [0, 0.1) is 5.82 Å². The number of hydrogen-bond donors (Lipinski definition) is 2. The van der Waals surface area contributed by atoms with Crippen molar-refractivity contribution in [2.75, 3.05) is 10.5 Å². The van der Waals surface area contributed by atoms with Crippen LogP contribution in [0.1, 0.15) is 0 Å². The second kappa shape index (κ2) is 6.12. The van der Waals surface area contributed by atoms with Crippen molar-refractivity contribution < 1.29 is 12.8 Å². The Morgan fingerprint density at radius 1 is 1.19 bits per heavy atom. The van der Waals surface area contributed by atoms with Crippen LogP contribution in [0.25, 0.3) is 0 Å². The molecule has 21 heavy (non-hydrogen) atoms. The minimum absolute atomic E-state index is 0.160. The Morgan fingerprint density at radius 3 is 2.48 bits per heavy atom. The van der Waals surface area contributed by atoms with E-state index in [1.807, 2.05) is 0 Å². The smallest absolute Gasteiger partial charge is 0.263 e. The SMILES string of the molecule is Nc1cc(Cl)cc(S(=O)(=O)Nc2ccc(Br)cc2F)c1Br. The monoisotopic (exact) mass is 456 g/mol. The molecular weight excluding hydrogens is 450 g/mol. The molecule has 0 aliphatic carbocycles. The third-order valence-corrected chi connectivity index (χ3v) is 5.75. The lowest BCUT2D eigenvalue weighted by Crippen LogP contribution is -2.15. The fraction of sp³-hybridized carbons (Fsp3) is 0. The molecule has 0 unspecified atom stereocenters. The summed E-state index contributed by atoms with van der Waals surface area (Å²) < 4.78 is 41.2. The molecule has 0 aromatic heterocycles. The van der Waals surface area contributed by atoms with Crippen molar-refractivity contribution in [1.29, 1.82) is 0 Å². The molecule has 0 amide bonds. The van der Waals surface area contributed by atoms with Gasteiger partial charge in [0.25, 0.3) is 10.0 Å². The molecule has 0 bridgehead atoms. The van der Waals surface area contributed by atoms with Crippen molar-refractivity contribution in [2.24, 2.45) is 0 Å². The fourth-order valence-corrected chi connectivity index (χ4v) is 4.25. The number of nitrogens with one attached hydrogen (secondary N) is 1. The summed E-state index contributed by atoms with van der Waals surface area (Å²) in [5.74, 6) is -0.709. The zero-order valence-electron chi connectivity index (χ0n) is 10.2. The van der Waals surface area contributed by atoms with Crippen LogP contribution in [-0.4, -0.2) is 8.42 Å². The number of nitrogen functional groups attached to an aromatic ring is 1. The third-order valence-electron chi connectivity index (χ3n) is 2.50. The van der Waals surface area contributed by atoms with E-state index in [9.17, 15) is 12.8 Å². The standard InChI is InChI=1S/C12H8Br2ClFN2O2S/c13-6-1-2-10(8(16)3-6)18-21(19,20)11-5-7(15)4-9(17)12(11)14/h1-5,18H,17H2. The normalized spacial score (nSPS) is 11.4. The summed E-state index contributed by atoms with van der Waals surface area (Å²) in [6, 6.07) is 6.60. The summed E-state index contributed by atoms with van der Waals surface area (Å²) in [5, 5.41) is 0.160. The Hall–Kier alpha value is -0.830. The van der Waals surface area contributed by atoms with Gasteiger partial charge in [-0.15, -0.1) is 0 Å². The number of halogens is 4. The van der Waals surface area contributed by atoms with Gasteiger partial charge in [0, 0.05) is 15.2 Å². The first-order chi connectivity index (χ1) is 9.70. The largest absolute Gasteiger partial charge is 0.398 e. The van der Waals surface area contributed by atoms with Gasteiger partial charge < -0.3 is 5.73 Å². The molecule has 0 fully saturated rings. The lowest BCUT2D eigenvalue weighted by atomic mass is 10.3. The molecule has 0 saturated heterocycles. The molecule has 4 nitrogen and oxygen atoms in total. The number of anilines is 2. The summed E-state index contributed by atoms with van der Waals surface area (Å²) in [5.41, 5.74) is 5.65. The second-order valence-electron chi connectivity index (χ2n) is 4.04. The Labute approximate surface area is 142 Å². The Kier molecular flexibility index (Phi) is 4.82. The highest BCUT2D eigenvalue weighted by Crippen LogP contribution is 2.33. The molecule has 3 N–H and O–H groups in total. The van der Waals surface area contributed by atoms with Crippen LogP contribution in [0.3, 0.4) is 0 Å². The number of benzene rings is 2. The van der Waals surface area contributed by atoms with E-state index < -0.39 is 15.8 Å². The molecule has 0 radical (unpaired) electrons. The Morgan fingerprint density at radius 2 is 1.86 bits per heavy atom. The van der Waals surface area contributed by atoms with Crippen molar-refractivity contribution in [1.82, 2.24) is 0 Å². The molecule has 2 aromatic carbocycles. The van der Waals surface area contributed by atoms with Crippen molar-refractivity contribution in [3.05, 3.63) is 50.1 Å². The van der Waals surface area contributed by atoms with E-state index in [0.717, 1.165) is 6.07 Å². The van der Waals surface area contributed by atoms with Gasteiger partial charge in [-0.05, 0) is 46.3 Å². The van der Waals surface area contributed by atoms with Gasteiger partial charge in [-0.3, -0.25) is 4.72 Å². The number of nitrogens with two attached hydrogens (primary N) is 1. The molecule has 0 aliphatic rings. The summed E-state index contributed by atoms with van der Waals surface area (Å²) in [4.78, 5) is -0.171. The highest BCUT2D eigenvalue weighted by atomic mass is 79.9. The zero-order chi connectivity index (χ0) is 15.8. The molecule has 0 saturated carbocycles. The predicted octanol–water partition coefficient (Wildman–Crippen LogP) is 4.39. The minimum Gasteiger partial charge on any atom is -0.398 e. The van der Waals surface area contributed by atoms with Crippen LogP contribution in [0.4, 0.5) is 15.8 Å². The second-order valence-corrected chi connectivity index (χ2v) is 7.83. The summed E-state index contributed by atoms with van der Waals surface area (Å²) in [7, 11) is -4.04. The van der Waals surface area contributed by atoms with E-state index in [4.69, 9.17) is 17.3 Å². The predicted molar refractivity (Wildman–Crippen MR) is 88.5 cm³/mol. The maximum absolute atomic E-state index is 13.7. The van der Waals surface area contributed by atoms with E-state index in [1.54, 1.807) is 0 Å². The lowest BCUT2D eigenvalue weighted by molar-refractivity contribution is 0.598. The molecule has 0 heterocycles.